The maximum absolute atomic E-state index is 13.0. The summed E-state index contributed by atoms with van der Waals surface area (Å²) in [6.07, 6.45) is 1.84. The van der Waals surface area contributed by atoms with E-state index in [2.05, 4.69) is 20.9 Å². The van der Waals surface area contributed by atoms with E-state index in [1.807, 2.05) is 55.6 Å². The van der Waals surface area contributed by atoms with Crippen LogP contribution >= 0.6 is 11.6 Å². The minimum absolute atomic E-state index is 0.129. The highest BCUT2D eigenvalue weighted by Gasteiger charge is 2.27. The molecule has 1 aliphatic rings. The number of carbonyl (C=O) groups is 1. The lowest BCUT2D eigenvalue weighted by Gasteiger charge is -2.38. The number of aromatic amines is 1. The molecule has 3 aromatic rings. The van der Waals surface area contributed by atoms with Gasteiger partial charge in [-0.2, -0.15) is 0 Å². The third kappa shape index (κ3) is 3.22. The van der Waals surface area contributed by atoms with Gasteiger partial charge in [0.05, 0.1) is 6.04 Å². The molecule has 0 bridgehead atoms. The Bertz CT molecular complexity index is 928. The summed E-state index contributed by atoms with van der Waals surface area (Å²) >= 11 is 6.10. The number of aromatic nitrogens is 1. The van der Waals surface area contributed by atoms with Crippen LogP contribution in [0.2, 0.25) is 5.02 Å². The number of rotatable bonds is 4. The summed E-state index contributed by atoms with van der Waals surface area (Å²) in [5, 5.41) is 1.76. The molecule has 4 nitrogen and oxygen atoms in total. The number of halogens is 1. The SMILES string of the molecule is CC(C(=O)c1c[nH]c2ccccc12)N1CCN(c2cccc(Cl)c2)CC1. The minimum Gasteiger partial charge on any atom is -0.369 e. The van der Waals surface area contributed by atoms with Crippen LogP contribution in [0.5, 0.6) is 0 Å². The van der Waals surface area contributed by atoms with Crippen LogP contribution in [0.25, 0.3) is 10.9 Å². The van der Waals surface area contributed by atoms with Gasteiger partial charge in [0.15, 0.2) is 5.78 Å². The lowest BCUT2D eigenvalue weighted by atomic mass is 10.0. The van der Waals surface area contributed by atoms with Gasteiger partial charge >= 0.3 is 0 Å². The zero-order valence-corrected chi connectivity index (χ0v) is 15.5. The van der Waals surface area contributed by atoms with Crippen LogP contribution in [0.4, 0.5) is 5.69 Å². The quantitative estimate of drug-likeness (QED) is 0.702. The molecule has 4 rings (SSSR count). The monoisotopic (exact) mass is 367 g/mol. The molecule has 1 aromatic heterocycles. The second kappa shape index (κ2) is 7.14. The van der Waals surface area contributed by atoms with E-state index in [0.29, 0.717) is 0 Å². The molecule has 1 unspecified atom stereocenters. The van der Waals surface area contributed by atoms with Crippen molar-refractivity contribution in [2.45, 2.75) is 13.0 Å². The third-order valence-corrected chi connectivity index (χ3v) is 5.50. The Balaban J connectivity index is 1.45. The van der Waals surface area contributed by atoms with Crippen molar-refractivity contribution in [3.63, 3.8) is 0 Å². The first kappa shape index (κ1) is 17.1. The maximum Gasteiger partial charge on any atom is 0.181 e. The molecule has 2 aromatic carbocycles. The number of hydrogen-bond donors (Lipinski definition) is 1. The number of anilines is 1. The molecule has 0 amide bonds. The van der Waals surface area contributed by atoms with E-state index < -0.39 is 0 Å². The Morgan fingerprint density at radius 2 is 1.85 bits per heavy atom. The number of piperazine rings is 1. The molecule has 1 aliphatic heterocycles. The van der Waals surface area contributed by atoms with Crippen LogP contribution in [0, 0.1) is 0 Å². The van der Waals surface area contributed by atoms with Gasteiger partial charge in [0.1, 0.15) is 0 Å². The van der Waals surface area contributed by atoms with Gasteiger partial charge in [-0.15, -0.1) is 0 Å². The largest absolute Gasteiger partial charge is 0.369 e. The highest BCUT2D eigenvalue weighted by molar-refractivity contribution is 6.30. The van der Waals surface area contributed by atoms with E-state index in [4.69, 9.17) is 11.6 Å². The van der Waals surface area contributed by atoms with Gasteiger partial charge in [0.2, 0.25) is 0 Å². The zero-order valence-electron chi connectivity index (χ0n) is 14.8. The number of H-pyrrole nitrogens is 1. The first-order valence-electron chi connectivity index (χ1n) is 8.98. The summed E-state index contributed by atoms with van der Waals surface area (Å²) in [7, 11) is 0. The van der Waals surface area contributed by atoms with E-state index in [-0.39, 0.29) is 11.8 Å². The third-order valence-electron chi connectivity index (χ3n) is 5.27. The smallest absolute Gasteiger partial charge is 0.181 e. The molecule has 0 spiro atoms. The number of Topliss-reactive ketones (excluding diaryl/α,β-unsaturated/α-hetero) is 1. The molecule has 2 heterocycles. The van der Waals surface area contributed by atoms with Crippen molar-refractivity contribution < 1.29 is 4.79 Å². The van der Waals surface area contributed by atoms with Gasteiger partial charge in [-0.25, -0.2) is 0 Å². The summed E-state index contributed by atoms with van der Waals surface area (Å²) in [5.41, 5.74) is 2.94. The lowest BCUT2D eigenvalue weighted by Crippen LogP contribution is -2.51. The molecule has 1 N–H and O–H groups in total. The molecule has 26 heavy (non-hydrogen) atoms. The topological polar surface area (TPSA) is 39.3 Å². The fourth-order valence-electron chi connectivity index (χ4n) is 3.71. The summed E-state index contributed by atoms with van der Waals surface area (Å²) < 4.78 is 0. The van der Waals surface area contributed by atoms with Gasteiger partial charge in [0.25, 0.3) is 0 Å². The number of para-hydroxylation sites is 1. The average Bonchev–Trinajstić information content (AvgIpc) is 3.11. The Morgan fingerprint density at radius 3 is 2.62 bits per heavy atom. The predicted octanol–water partition coefficient (Wildman–Crippen LogP) is 4.21. The standard InChI is InChI=1S/C21H22ClN3O/c1-15(21(26)19-14-23-20-8-3-2-7-18(19)20)24-9-11-25(12-10-24)17-6-4-5-16(22)13-17/h2-8,13-15,23H,9-12H2,1H3. The predicted molar refractivity (Wildman–Crippen MR) is 107 cm³/mol. The van der Waals surface area contributed by atoms with E-state index in [1.165, 1.54) is 0 Å². The summed E-state index contributed by atoms with van der Waals surface area (Å²) in [6, 6.07) is 15.8. The van der Waals surface area contributed by atoms with Gasteiger partial charge in [0, 0.05) is 59.6 Å². The molecule has 0 radical (unpaired) electrons. The first-order valence-corrected chi connectivity index (χ1v) is 9.36. The molecule has 1 atom stereocenters. The van der Waals surface area contributed by atoms with Gasteiger partial charge < -0.3 is 9.88 Å². The van der Waals surface area contributed by atoms with Gasteiger partial charge in [-0.05, 0) is 31.2 Å². The highest BCUT2D eigenvalue weighted by atomic mass is 35.5. The second-order valence-corrected chi connectivity index (χ2v) is 7.23. The van der Waals surface area contributed by atoms with Crippen molar-refractivity contribution in [2.75, 3.05) is 31.1 Å². The van der Waals surface area contributed by atoms with Crippen molar-refractivity contribution in [1.29, 1.82) is 0 Å². The Labute approximate surface area is 158 Å². The van der Waals surface area contributed by atoms with Crippen LogP contribution < -0.4 is 4.90 Å². The maximum atomic E-state index is 13.0. The van der Waals surface area contributed by atoms with Crippen molar-refractivity contribution >= 4 is 34.0 Å². The van der Waals surface area contributed by atoms with Crippen molar-refractivity contribution in [1.82, 2.24) is 9.88 Å². The normalized spacial score (nSPS) is 16.8. The Hall–Kier alpha value is -2.30. The molecule has 0 aliphatic carbocycles. The fraction of sp³-hybridized carbons (Fsp3) is 0.286. The molecule has 1 saturated heterocycles. The van der Waals surface area contributed by atoms with Crippen LogP contribution in [-0.2, 0) is 0 Å². The second-order valence-electron chi connectivity index (χ2n) is 6.79. The number of carbonyl (C=O) groups excluding carboxylic acids is 1. The average molecular weight is 368 g/mol. The number of nitrogens with one attached hydrogen (secondary N) is 1. The van der Waals surface area contributed by atoms with Crippen LogP contribution in [0.3, 0.4) is 0 Å². The van der Waals surface area contributed by atoms with Crippen molar-refractivity contribution in [2.24, 2.45) is 0 Å². The summed E-state index contributed by atoms with van der Waals surface area (Å²) in [5.74, 6) is 0.179. The fourth-order valence-corrected chi connectivity index (χ4v) is 3.89. The zero-order chi connectivity index (χ0) is 18.1. The van der Waals surface area contributed by atoms with Gasteiger partial charge in [-0.3, -0.25) is 9.69 Å². The van der Waals surface area contributed by atoms with E-state index in [9.17, 15) is 4.79 Å². The van der Waals surface area contributed by atoms with E-state index >= 15 is 0 Å². The van der Waals surface area contributed by atoms with Crippen molar-refractivity contribution in [3.05, 3.63) is 65.3 Å². The lowest BCUT2D eigenvalue weighted by molar-refractivity contribution is 0.0831. The molecule has 5 heteroatoms. The highest BCUT2D eigenvalue weighted by Crippen LogP contribution is 2.23. The number of fused-ring (bicyclic) bond motifs is 1. The first-order chi connectivity index (χ1) is 12.6. The number of hydrogen-bond acceptors (Lipinski definition) is 3. The molecular formula is C21H22ClN3O. The summed E-state index contributed by atoms with van der Waals surface area (Å²) in [4.78, 5) is 20.8. The van der Waals surface area contributed by atoms with E-state index in [0.717, 1.165) is 53.4 Å². The molecule has 1 fully saturated rings. The molecule has 0 saturated carbocycles. The number of nitrogens with zero attached hydrogens (tertiary/aromatic N) is 2. The molecule has 134 valence electrons. The van der Waals surface area contributed by atoms with Crippen LogP contribution in [0.1, 0.15) is 17.3 Å². The Kier molecular flexibility index (Phi) is 4.70. The molecular weight excluding hydrogens is 346 g/mol. The minimum atomic E-state index is -0.129. The van der Waals surface area contributed by atoms with Crippen LogP contribution in [0.15, 0.2) is 54.7 Å². The van der Waals surface area contributed by atoms with Crippen molar-refractivity contribution in [3.8, 4) is 0 Å². The van der Waals surface area contributed by atoms with Crippen LogP contribution in [-0.4, -0.2) is 47.9 Å². The number of benzene rings is 2. The summed E-state index contributed by atoms with van der Waals surface area (Å²) in [6.45, 7) is 5.53. The number of ketones is 1. The Morgan fingerprint density at radius 1 is 1.08 bits per heavy atom. The van der Waals surface area contributed by atoms with E-state index in [1.54, 1.807) is 0 Å². The van der Waals surface area contributed by atoms with Gasteiger partial charge in [-0.1, -0.05) is 35.9 Å².